The van der Waals surface area contributed by atoms with Crippen molar-refractivity contribution in [2.45, 2.75) is 19.3 Å². The lowest BCUT2D eigenvalue weighted by Gasteiger charge is -2.23. The smallest absolute Gasteiger partial charge is 0.141 e. The maximum atomic E-state index is 9.92. The molecule has 0 bridgehead atoms. The van der Waals surface area contributed by atoms with Crippen molar-refractivity contribution in [1.82, 2.24) is 5.32 Å². The number of halogens is 1. The number of methoxy groups -OCH3 is 1. The van der Waals surface area contributed by atoms with E-state index >= 15 is 0 Å². The van der Waals surface area contributed by atoms with Gasteiger partial charge in [-0.1, -0.05) is 11.6 Å². The number of hydrogen-bond acceptors (Lipinski definition) is 3. The Hall–Kier alpha value is -0.930. The standard InChI is InChI=1S/C13H18ClNO2/c1-17-13-7-12(16)10(6-11(13)14)5-9-3-2-4-15-8-9/h6-7,9,15-16H,2-5,8H2,1H3. The van der Waals surface area contributed by atoms with Crippen LogP contribution < -0.4 is 10.1 Å². The van der Waals surface area contributed by atoms with E-state index in [1.807, 2.05) is 6.07 Å². The van der Waals surface area contributed by atoms with Gasteiger partial charge in [-0.25, -0.2) is 0 Å². The van der Waals surface area contributed by atoms with Crippen LogP contribution in [-0.4, -0.2) is 25.3 Å². The van der Waals surface area contributed by atoms with Gasteiger partial charge in [0.15, 0.2) is 0 Å². The second-order valence-electron chi connectivity index (χ2n) is 4.53. The van der Waals surface area contributed by atoms with E-state index in [2.05, 4.69) is 5.32 Å². The van der Waals surface area contributed by atoms with E-state index in [4.69, 9.17) is 16.3 Å². The highest BCUT2D eigenvalue weighted by molar-refractivity contribution is 6.32. The van der Waals surface area contributed by atoms with Gasteiger partial charge >= 0.3 is 0 Å². The monoisotopic (exact) mass is 255 g/mol. The lowest BCUT2D eigenvalue weighted by Crippen LogP contribution is -2.30. The number of phenols is 1. The van der Waals surface area contributed by atoms with Crippen LogP contribution in [0, 0.1) is 5.92 Å². The lowest BCUT2D eigenvalue weighted by atomic mass is 9.92. The zero-order valence-corrected chi connectivity index (χ0v) is 10.8. The van der Waals surface area contributed by atoms with Gasteiger partial charge in [0.05, 0.1) is 12.1 Å². The summed E-state index contributed by atoms with van der Waals surface area (Å²) in [7, 11) is 1.55. The van der Waals surface area contributed by atoms with Crippen molar-refractivity contribution in [3.63, 3.8) is 0 Å². The molecule has 2 rings (SSSR count). The molecule has 0 aromatic heterocycles. The van der Waals surface area contributed by atoms with Gasteiger partial charge in [0.1, 0.15) is 11.5 Å². The highest BCUT2D eigenvalue weighted by atomic mass is 35.5. The topological polar surface area (TPSA) is 41.5 Å². The van der Waals surface area contributed by atoms with Gasteiger partial charge in [-0.15, -0.1) is 0 Å². The Balaban J connectivity index is 2.12. The second-order valence-corrected chi connectivity index (χ2v) is 4.94. The van der Waals surface area contributed by atoms with Crippen LogP contribution in [0.4, 0.5) is 0 Å². The van der Waals surface area contributed by atoms with Crippen LogP contribution >= 0.6 is 11.6 Å². The minimum atomic E-state index is 0.275. The molecule has 1 atom stereocenters. The van der Waals surface area contributed by atoms with Crippen LogP contribution in [0.5, 0.6) is 11.5 Å². The largest absolute Gasteiger partial charge is 0.508 e. The number of rotatable bonds is 3. The Morgan fingerprint density at radius 1 is 1.53 bits per heavy atom. The maximum absolute atomic E-state index is 9.92. The molecule has 1 saturated heterocycles. The molecule has 0 saturated carbocycles. The van der Waals surface area contributed by atoms with Crippen LogP contribution in [0.3, 0.4) is 0 Å². The van der Waals surface area contributed by atoms with Crippen LogP contribution in [-0.2, 0) is 6.42 Å². The number of nitrogens with one attached hydrogen (secondary N) is 1. The van der Waals surface area contributed by atoms with E-state index in [0.717, 1.165) is 25.1 Å². The van der Waals surface area contributed by atoms with E-state index < -0.39 is 0 Å². The Labute approximate surface area is 107 Å². The summed E-state index contributed by atoms with van der Waals surface area (Å²) in [6.45, 7) is 2.12. The predicted octanol–water partition coefficient (Wildman–Crippen LogP) is 2.60. The summed E-state index contributed by atoms with van der Waals surface area (Å²) in [4.78, 5) is 0. The number of phenolic OH excluding ortho intramolecular Hbond substituents is 1. The minimum Gasteiger partial charge on any atom is -0.508 e. The third kappa shape index (κ3) is 3.05. The SMILES string of the molecule is COc1cc(O)c(CC2CCCNC2)cc1Cl. The third-order valence-corrected chi connectivity index (χ3v) is 3.56. The molecule has 1 fully saturated rings. The molecule has 17 heavy (non-hydrogen) atoms. The van der Waals surface area contributed by atoms with Crippen molar-refractivity contribution in [3.8, 4) is 11.5 Å². The van der Waals surface area contributed by atoms with E-state index in [9.17, 15) is 5.11 Å². The summed E-state index contributed by atoms with van der Waals surface area (Å²) in [5.74, 6) is 1.38. The van der Waals surface area contributed by atoms with Crippen molar-refractivity contribution in [1.29, 1.82) is 0 Å². The Kier molecular flexibility index (Phi) is 4.13. The van der Waals surface area contributed by atoms with E-state index in [1.165, 1.54) is 12.8 Å². The summed E-state index contributed by atoms with van der Waals surface area (Å²) < 4.78 is 5.07. The molecule has 1 aliphatic rings. The minimum absolute atomic E-state index is 0.275. The summed E-state index contributed by atoms with van der Waals surface area (Å²) in [5.41, 5.74) is 0.907. The zero-order valence-electron chi connectivity index (χ0n) is 10.0. The molecule has 94 valence electrons. The normalized spacial score (nSPS) is 20.2. The van der Waals surface area contributed by atoms with Crippen LogP contribution in [0.25, 0.3) is 0 Å². The van der Waals surface area contributed by atoms with Crippen molar-refractivity contribution >= 4 is 11.6 Å². The van der Waals surface area contributed by atoms with Crippen molar-refractivity contribution in [2.75, 3.05) is 20.2 Å². The average Bonchev–Trinajstić information content (AvgIpc) is 2.34. The first-order chi connectivity index (χ1) is 8.20. The fourth-order valence-electron chi connectivity index (χ4n) is 2.31. The Bertz CT molecular complexity index is 389. The van der Waals surface area contributed by atoms with Crippen molar-refractivity contribution < 1.29 is 9.84 Å². The third-order valence-electron chi connectivity index (χ3n) is 3.26. The molecule has 4 heteroatoms. The zero-order chi connectivity index (χ0) is 12.3. The number of hydrogen-bond donors (Lipinski definition) is 2. The molecule has 0 spiro atoms. The molecule has 1 heterocycles. The van der Waals surface area contributed by atoms with E-state index in [-0.39, 0.29) is 5.75 Å². The lowest BCUT2D eigenvalue weighted by molar-refractivity contribution is 0.368. The van der Waals surface area contributed by atoms with Gasteiger partial charge in [0, 0.05) is 6.07 Å². The predicted molar refractivity (Wildman–Crippen MR) is 69.0 cm³/mol. The molecule has 0 amide bonds. The summed E-state index contributed by atoms with van der Waals surface area (Å²) in [6, 6.07) is 3.40. The van der Waals surface area contributed by atoms with Gasteiger partial charge in [-0.05, 0) is 49.9 Å². The van der Waals surface area contributed by atoms with Crippen LogP contribution in [0.15, 0.2) is 12.1 Å². The first-order valence-electron chi connectivity index (χ1n) is 5.97. The summed E-state index contributed by atoms with van der Waals surface area (Å²) in [6.07, 6.45) is 3.27. The first kappa shape index (κ1) is 12.5. The summed E-state index contributed by atoms with van der Waals surface area (Å²) in [5, 5.41) is 13.9. The first-order valence-corrected chi connectivity index (χ1v) is 6.34. The van der Waals surface area contributed by atoms with Crippen LogP contribution in [0.1, 0.15) is 18.4 Å². The van der Waals surface area contributed by atoms with Gasteiger partial charge in [-0.3, -0.25) is 0 Å². The van der Waals surface area contributed by atoms with Crippen LogP contribution in [0.2, 0.25) is 5.02 Å². The molecule has 1 unspecified atom stereocenters. The van der Waals surface area contributed by atoms with Gasteiger partial charge in [0.2, 0.25) is 0 Å². The van der Waals surface area contributed by atoms with E-state index in [1.54, 1.807) is 13.2 Å². The number of piperidine rings is 1. The molecule has 2 N–H and O–H groups in total. The molecule has 3 nitrogen and oxygen atoms in total. The Morgan fingerprint density at radius 2 is 2.35 bits per heavy atom. The van der Waals surface area contributed by atoms with Crippen molar-refractivity contribution in [2.24, 2.45) is 5.92 Å². The highest BCUT2D eigenvalue weighted by Gasteiger charge is 2.16. The molecule has 1 aromatic carbocycles. The number of ether oxygens (including phenoxy) is 1. The summed E-state index contributed by atoms with van der Waals surface area (Å²) >= 11 is 6.07. The maximum Gasteiger partial charge on any atom is 0.141 e. The molecule has 1 aliphatic heterocycles. The van der Waals surface area contributed by atoms with Gasteiger partial charge < -0.3 is 15.2 Å². The van der Waals surface area contributed by atoms with Gasteiger partial charge in [-0.2, -0.15) is 0 Å². The molecule has 0 aliphatic carbocycles. The average molecular weight is 256 g/mol. The molecule has 0 radical (unpaired) electrons. The molecule has 1 aromatic rings. The molecular formula is C13H18ClNO2. The van der Waals surface area contributed by atoms with Gasteiger partial charge in [0.25, 0.3) is 0 Å². The highest BCUT2D eigenvalue weighted by Crippen LogP contribution is 2.33. The van der Waals surface area contributed by atoms with E-state index in [0.29, 0.717) is 16.7 Å². The Morgan fingerprint density at radius 3 is 3.00 bits per heavy atom. The molecular weight excluding hydrogens is 238 g/mol. The second kappa shape index (κ2) is 5.61. The fraction of sp³-hybridized carbons (Fsp3) is 0.538. The van der Waals surface area contributed by atoms with Crippen molar-refractivity contribution in [3.05, 3.63) is 22.7 Å². The number of benzene rings is 1. The quantitative estimate of drug-likeness (QED) is 0.872. The number of aromatic hydroxyl groups is 1. The fourth-order valence-corrected chi connectivity index (χ4v) is 2.58.